The van der Waals surface area contributed by atoms with Crippen LogP contribution in [0.25, 0.3) is 0 Å². The van der Waals surface area contributed by atoms with Crippen molar-refractivity contribution >= 4 is 23.0 Å². The van der Waals surface area contributed by atoms with Gasteiger partial charge >= 0.3 is 0 Å². The molecule has 0 spiro atoms. The molecule has 164 valence electrons. The average Bonchev–Trinajstić information content (AvgIpc) is 2.82. The van der Waals surface area contributed by atoms with Gasteiger partial charge in [0.05, 0.1) is 4.92 Å². The van der Waals surface area contributed by atoms with Crippen LogP contribution in [0.3, 0.4) is 0 Å². The van der Waals surface area contributed by atoms with Crippen LogP contribution in [0.15, 0.2) is 78.9 Å². The van der Waals surface area contributed by atoms with Gasteiger partial charge in [-0.15, -0.1) is 0 Å². The maximum Gasteiger partial charge on any atom is 0.293 e. The maximum absolute atomic E-state index is 12.8. The molecule has 1 saturated heterocycles. The van der Waals surface area contributed by atoms with E-state index in [0.29, 0.717) is 11.3 Å². The van der Waals surface area contributed by atoms with Crippen molar-refractivity contribution in [1.82, 2.24) is 10.2 Å². The van der Waals surface area contributed by atoms with E-state index in [1.165, 1.54) is 11.6 Å². The van der Waals surface area contributed by atoms with E-state index in [1.54, 1.807) is 12.1 Å². The lowest BCUT2D eigenvalue weighted by Crippen LogP contribution is -2.44. The first kappa shape index (κ1) is 21.5. The van der Waals surface area contributed by atoms with Crippen molar-refractivity contribution < 1.29 is 9.72 Å². The van der Waals surface area contributed by atoms with Gasteiger partial charge in [-0.3, -0.25) is 19.8 Å². The summed E-state index contributed by atoms with van der Waals surface area (Å²) in [6.07, 6.45) is 1.71. The number of rotatable bonds is 7. The number of nitro benzene ring substituents is 1. The highest BCUT2D eigenvalue weighted by Gasteiger charge is 2.23. The molecule has 1 aliphatic rings. The number of nitrogens with one attached hydrogen (secondary N) is 2. The van der Waals surface area contributed by atoms with Crippen LogP contribution in [-0.2, 0) is 6.54 Å². The highest BCUT2D eigenvalue weighted by molar-refractivity contribution is 5.96. The van der Waals surface area contributed by atoms with Gasteiger partial charge in [-0.05, 0) is 42.7 Å². The molecule has 0 bridgehead atoms. The molecule has 32 heavy (non-hydrogen) atoms. The van der Waals surface area contributed by atoms with E-state index in [2.05, 4.69) is 27.7 Å². The molecule has 0 aromatic heterocycles. The molecule has 3 aromatic rings. The van der Waals surface area contributed by atoms with Crippen LogP contribution in [0.2, 0.25) is 0 Å². The molecule has 0 unspecified atom stereocenters. The number of carbonyl (C=O) groups excluding carboxylic acids is 1. The Balaban J connectivity index is 1.36. The summed E-state index contributed by atoms with van der Waals surface area (Å²) in [7, 11) is 0. The average molecular weight is 431 g/mol. The Hall–Kier alpha value is -3.71. The smallest absolute Gasteiger partial charge is 0.293 e. The fourth-order valence-corrected chi connectivity index (χ4v) is 3.95. The Morgan fingerprint density at radius 1 is 0.969 bits per heavy atom. The third-order valence-corrected chi connectivity index (χ3v) is 5.68. The van der Waals surface area contributed by atoms with E-state index >= 15 is 0 Å². The Kier molecular flexibility index (Phi) is 6.77. The van der Waals surface area contributed by atoms with Crippen LogP contribution >= 0.6 is 0 Å². The number of anilines is 2. The third-order valence-electron chi connectivity index (χ3n) is 5.68. The molecule has 1 heterocycles. The lowest BCUT2D eigenvalue weighted by atomic mass is 10.0. The van der Waals surface area contributed by atoms with Crippen molar-refractivity contribution in [3.8, 4) is 0 Å². The molecule has 2 N–H and O–H groups in total. The van der Waals surface area contributed by atoms with Gasteiger partial charge in [0.1, 0.15) is 5.69 Å². The van der Waals surface area contributed by atoms with Crippen molar-refractivity contribution in [3.63, 3.8) is 0 Å². The summed E-state index contributed by atoms with van der Waals surface area (Å²) < 4.78 is 0. The monoisotopic (exact) mass is 430 g/mol. The van der Waals surface area contributed by atoms with Crippen LogP contribution in [-0.4, -0.2) is 34.9 Å². The maximum atomic E-state index is 12.8. The van der Waals surface area contributed by atoms with E-state index < -0.39 is 4.92 Å². The fourth-order valence-electron chi connectivity index (χ4n) is 3.95. The van der Waals surface area contributed by atoms with Crippen molar-refractivity contribution in [2.75, 3.05) is 18.4 Å². The molecule has 4 rings (SSSR count). The van der Waals surface area contributed by atoms with Crippen LogP contribution < -0.4 is 10.6 Å². The van der Waals surface area contributed by atoms with Crippen LogP contribution in [0.5, 0.6) is 0 Å². The topological polar surface area (TPSA) is 87.5 Å². The minimum absolute atomic E-state index is 0.0655. The van der Waals surface area contributed by atoms with Crippen LogP contribution in [0.1, 0.15) is 28.8 Å². The van der Waals surface area contributed by atoms with Crippen LogP contribution in [0.4, 0.5) is 17.1 Å². The molecule has 1 aliphatic heterocycles. The molecular formula is C25H26N4O3. The lowest BCUT2D eigenvalue weighted by molar-refractivity contribution is -0.383. The second-order valence-corrected chi connectivity index (χ2v) is 7.99. The molecule has 0 radical (unpaired) electrons. The van der Waals surface area contributed by atoms with Crippen molar-refractivity contribution in [2.24, 2.45) is 0 Å². The molecule has 0 saturated carbocycles. The third kappa shape index (κ3) is 5.50. The van der Waals surface area contributed by atoms with E-state index in [1.807, 2.05) is 48.5 Å². The van der Waals surface area contributed by atoms with E-state index in [-0.39, 0.29) is 17.6 Å². The SMILES string of the molecule is O=C(NC1CCN(Cc2ccccc2)CC1)c1ccc(Nc2ccccc2)c([N+](=O)[O-])c1. The molecule has 1 fully saturated rings. The summed E-state index contributed by atoms with van der Waals surface area (Å²) in [5.74, 6) is -0.277. The molecular weight excluding hydrogens is 404 g/mol. The summed E-state index contributed by atoms with van der Waals surface area (Å²) in [5, 5.41) is 17.7. The number of amides is 1. The number of hydrogen-bond donors (Lipinski definition) is 2. The number of hydrogen-bond acceptors (Lipinski definition) is 5. The summed E-state index contributed by atoms with van der Waals surface area (Å²) in [6, 6.07) is 24.2. The molecule has 3 aromatic carbocycles. The number of para-hydroxylation sites is 1. The predicted molar refractivity (Wildman–Crippen MR) is 125 cm³/mol. The fraction of sp³-hybridized carbons (Fsp3) is 0.240. The van der Waals surface area contributed by atoms with Gasteiger partial charge in [0.25, 0.3) is 11.6 Å². The zero-order valence-electron chi connectivity index (χ0n) is 17.7. The van der Waals surface area contributed by atoms with Crippen molar-refractivity contribution in [3.05, 3.63) is 100 Å². The first-order valence-corrected chi connectivity index (χ1v) is 10.8. The minimum atomic E-state index is -0.468. The van der Waals surface area contributed by atoms with E-state index in [4.69, 9.17) is 0 Å². The van der Waals surface area contributed by atoms with E-state index in [9.17, 15) is 14.9 Å². The Morgan fingerprint density at radius 2 is 1.62 bits per heavy atom. The molecule has 7 heteroatoms. The second-order valence-electron chi connectivity index (χ2n) is 7.99. The van der Waals surface area contributed by atoms with Gasteiger partial charge in [-0.2, -0.15) is 0 Å². The van der Waals surface area contributed by atoms with Gasteiger partial charge in [-0.25, -0.2) is 0 Å². The Labute approximate surface area is 187 Å². The van der Waals surface area contributed by atoms with Gasteiger partial charge in [0.2, 0.25) is 0 Å². The zero-order valence-corrected chi connectivity index (χ0v) is 17.7. The first-order valence-electron chi connectivity index (χ1n) is 10.8. The standard InChI is InChI=1S/C25H26N4O3/c30-25(27-22-13-15-28(16-14-22)18-19-7-3-1-4-8-19)20-11-12-23(24(17-20)29(31)32)26-21-9-5-2-6-10-21/h1-12,17,22,26H,13-16,18H2,(H,27,30). The van der Waals surface area contributed by atoms with Gasteiger partial charge < -0.3 is 10.6 Å². The summed E-state index contributed by atoms with van der Waals surface area (Å²) in [4.78, 5) is 26.3. The molecule has 7 nitrogen and oxygen atoms in total. The first-order chi connectivity index (χ1) is 15.6. The van der Waals surface area contributed by atoms with Gasteiger partial charge in [-0.1, -0.05) is 48.5 Å². The lowest BCUT2D eigenvalue weighted by Gasteiger charge is -2.32. The number of likely N-dealkylation sites (tertiary alicyclic amines) is 1. The summed E-state index contributed by atoms with van der Waals surface area (Å²) in [5.41, 5.74) is 2.55. The van der Waals surface area contributed by atoms with Crippen molar-refractivity contribution in [2.45, 2.75) is 25.4 Å². The largest absolute Gasteiger partial charge is 0.350 e. The number of nitro groups is 1. The Bertz CT molecular complexity index is 1070. The molecule has 0 atom stereocenters. The normalized spacial score (nSPS) is 14.6. The van der Waals surface area contributed by atoms with E-state index in [0.717, 1.165) is 38.2 Å². The highest BCUT2D eigenvalue weighted by atomic mass is 16.6. The zero-order chi connectivity index (χ0) is 22.3. The second kappa shape index (κ2) is 10.1. The summed E-state index contributed by atoms with van der Waals surface area (Å²) >= 11 is 0. The number of benzene rings is 3. The number of piperidine rings is 1. The quantitative estimate of drug-likeness (QED) is 0.418. The number of carbonyl (C=O) groups is 1. The highest BCUT2D eigenvalue weighted by Crippen LogP contribution is 2.29. The van der Waals surface area contributed by atoms with Gasteiger partial charge in [0.15, 0.2) is 0 Å². The minimum Gasteiger partial charge on any atom is -0.350 e. The Morgan fingerprint density at radius 3 is 2.28 bits per heavy atom. The van der Waals surface area contributed by atoms with Crippen LogP contribution in [0, 0.1) is 10.1 Å². The predicted octanol–water partition coefficient (Wildman–Crippen LogP) is 4.73. The molecule has 1 amide bonds. The van der Waals surface area contributed by atoms with Gasteiger partial charge in [0, 0.05) is 43.0 Å². The van der Waals surface area contributed by atoms with Crippen molar-refractivity contribution in [1.29, 1.82) is 0 Å². The summed E-state index contributed by atoms with van der Waals surface area (Å²) in [6.45, 7) is 2.71. The molecule has 0 aliphatic carbocycles. The number of nitrogens with zero attached hydrogens (tertiary/aromatic N) is 2.